The van der Waals surface area contributed by atoms with Gasteiger partial charge in [-0.25, -0.2) is 0 Å². The predicted molar refractivity (Wildman–Crippen MR) is 71.9 cm³/mol. The molecule has 0 atom stereocenters. The number of carbonyl (C=O) groups is 1. The number of amides is 1. The number of aryl methyl sites for hydroxylation is 2. The molecule has 94 valence electrons. The number of rotatable bonds is 3. The topological polar surface area (TPSA) is 46.9 Å². The Hall–Kier alpha value is -1.81. The quantitative estimate of drug-likeness (QED) is 0.866. The summed E-state index contributed by atoms with van der Waals surface area (Å²) in [6.07, 6.45) is 1.78. The molecule has 0 saturated carbocycles. The van der Waals surface area contributed by atoms with Crippen LogP contribution in [0, 0.1) is 6.92 Å². The van der Waals surface area contributed by atoms with E-state index in [1.54, 1.807) is 23.0 Å². The van der Waals surface area contributed by atoms with Crippen LogP contribution in [0.3, 0.4) is 0 Å². The summed E-state index contributed by atoms with van der Waals surface area (Å²) < 4.78 is 1.67. The number of hydrogen-bond acceptors (Lipinski definition) is 2. The molecule has 5 heteroatoms. The summed E-state index contributed by atoms with van der Waals surface area (Å²) in [5.74, 6) is 0.302. The van der Waals surface area contributed by atoms with E-state index in [4.69, 9.17) is 11.6 Å². The first-order valence-corrected chi connectivity index (χ1v) is 6.10. The average Bonchev–Trinajstić information content (AvgIpc) is 2.68. The number of nitrogens with zero attached hydrogens (tertiary/aromatic N) is 2. The summed E-state index contributed by atoms with van der Waals surface area (Å²) in [5.41, 5.74) is 3.12. The van der Waals surface area contributed by atoms with Gasteiger partial charge in [-0.05, 0) is 24.6 Å². The second kappa shape index (κ2) is 5.23. The zero-order valence-corrected chi connectivity index (χ0v) is 11.0. The highest BCUT2D eigenvalue weighted by molar-refractivity contribution is 6.17. The zero-order chi connectivity index (χ0) is 13.1. The molecule has 2 aromatic rings. The lowest BCUT2D eigenvalue weighted by Crippen LogP contribution is -2.12. The molecule has 0 aliphatic heterocycles. The number of benzene rings is 1. The van der Waals surface area contributed by atoms with Gasteiger partial charge in [-0.1, -0.05) is 12.1 Å². The third-order valence-electron chi connectivity index (χ3n) is 2.63. The van der Waals surface area contributed by atoms with E-state index in [9.17, 15) is 4.79 Å². The smallest absolute Gasteiger partial charge is 0.255 e. The molecule has 0 fully saturated rings. The number of carbonyl (C=O) groups excluding carboxylic acids is 1. The van der Waals surface area contributed by atoms with E-state index in [-0.39, 0.29) is 5.91 Å². The molecule has 1 heterocycles. The Morgan fingerprint density at radius 3 is 2.56 bits per heavy atom. The maximum Gasteiger partial charge on any atom is 0.255 e. The van der Waals surface area contributed by atoms with Crippen LogP contribution in [0.2, 0.25) is 0 Å². The number of halogens is 1. The summed E-state index contributed by atoms with van der Waals surface area (Å²) in [6, 6.07) is 7.22. The number of aromatic nitrogens is 2. The summed E-state index contributed by atoms with van der Waals surface area (Å²) in [7, 11) is 1.82. The van der Waals surface area contributed by atoms with Crippen LogP contribution >= 0.6 is 11.6 Å². The highest BCUT2D eigenvalue weighted by Gasteiger charge is 2.09. The second-order valence-electron chi connectivity index (χ2n) is 4.09. The van der Waals surface area contributed by atoms with Crippen LogP contribution in [-0.2, 0) is 12.9 Å². The summed E-state index contributed by atoms with van der Waals surface area (Å²) in [5, 5.41) is 7.00. The SMILES string of the molecule is Cc1nn(C)cc1NC(=O)c1ccc(CCl)cc1. The second-order valence-corrected chi connectivity index (χ2v) is 4.35. The van der Waals surface area contributed by atoms with Crippen LogP contribution in [-0.4, -0.2) is 15.7 Å². The first-order valence-electron chi connectivity index (χ1n) is 5.56. The van der Waals surface area contributed by atoms with Crippen molar-refractivity contribution >= 4 is 23.2 Å². The van der Waals surface area contributed by atoms with Crippen molar-refractivity contribution in [1.29, 1.82) is 0 Å². The molecule has 1 aromatic carbocycles. The van der Waals surface area contributed by atoms with Gasteiger partial charge in [0.2, 0.25) is 0 Å². The number of anilines is 1. The van der Waals surface area contributed by atoms with E-state index < -0.39 is 0 Å². The van der Waals surface area contributed by atoms with Crippen LogP contribution in [0.5, 0.6) is 0 Å². The van der Waals surface area contributed by atoms with E-state index >= 15 is 0 Å². The molecular weight excluding hydrogens is 250 g/mol. The van der Waals surface area contributed by atoms with Crippen molar-refractivity contribution in [3.8, 4) is 0 Å². The van der Waals surface area contributed by atoms with Crippen molar-refractivity contribution < 1.29 is 4.79 Å². The first kappa shape index (κ1) is 12.6. The lowest BCUT2D eigenvalue weighted by molar-refractivity contribution is 0.102. The monoisotopic (exact) mass is 263 g/mol. The highest BCUT2D eigenvalue weighted by Crippen LogP contribution is 2.14. The molecular formula is C13H14ClN3O. The van der Waals surface area contributed by atoms with Gasteiger partial charge >= 0.3 is 0 Å². The molecule has 0 unspecified atom stereocenters. The Balaban J connectivity index is 2.14. The Labute approximate surface area is 111 Å². The molecule has 0 aliphatic carbocycles. The van der Waals surface area contributed by atoms with Gasteiger partial charge in [0.1, 0.15) is 0 Å². The Kier molecular flexibility index (Phi) is 3.67. The van der Waals surface area contributed by atoms with Crippen LogP contribution in [0.15, 0.2) is 30.5 Å². The van der Waals surface area contributed by atoms with Gasteiger partial charge in [0, 0.05) is 24.7 Å². The lowest BCUT2D eigenvalue weighted by atomic mass is 10.1. The Morgan fingerprint density at radius 2 is 2.06 bits per heavy atom. The maximum atomic E-state index is 12.0. The molecule has 0 saturated heterocycles. The van der Waals surface area contributed by atoms with Gasteiger partial charge in [-0.15, -0.1) is 11.6 Å². The van der Waals surface area contributed by atoms with Gasteiger partial charge in [-0.3, -0.25) is 9.48 Å². The van der Waals surface area contributed by atoms with Crippen LogP contribution in [0.1, 0.15) is 21.6 Å². The molecule has 18 heavy (non-hydrogen) atoms. The fourth-order valence-electron chi connectivity index (χ4n) is 1.66. The molecule has 0 aliphatic rings. The maximum absolute atomic E-state index is 12.0. The van der Waals surface area contributed by atoms with Crippen molar-refractivity contribution in [2.75, 3.05) is 5.32 Å². The minimum Gasteiger partial charge on any atom is -0.319 e. The fraction of sp³-hybridized carbons (Fsp3) is 0.231. The predicted octanol–water partition coefficient (Wildman–Crippen LogP) is 2.72. The first-order chi connectivity index (χ1) is 8.60. The fourth-order valence-corrected chi connectivity index (χ4v) is 1.84. The Bertz CT molecular complexity index is 560. The largest absolute Gasteiger partial charge is 0.319 e. The number of hydrogen-bond donors (Lipinski definition) is 1. The van der Waals surface area contributed by atoms with Gasteiger partial charge in [-0.2, -0.15) is 5.10 Å². The summed E-state index contributed by atoms with van der Waals surface area (Å²) in [4.78, 5) is 12.0. The van der Waals surface area contributed by atoms with E-state index in [0.717, 1.165) is 16.9 Å². The molecule has 0 spiro atoms. The minimum absolute atomic E-state index is 0.146. The van der Waals surface area contributed by atoms with Crippen molar-refractivity contribution in [2.24, 2.45) is 7.05 Å². The van der Waals surface area contributed by atoms with Gasteiger partial charge in [0.05, 0.1) is 11.4 Å². The molecule has 2 rings (SSSR count). The summed E-state index contributed by atoms with van der Waals surface area (Å²) >= 11 is 5.70. The van der Waals surface area contributed by atoms with E-state index in [1.165, 1.54) is 0 Å². The molecule has 1 aromatic heterocycles. The molecule has 0 bridgehead atoms. The lowest BCUT2D eigenvalue weighted by Gasteiger charge is -2.04. The van der Waals surface area contributed by atoms with Crippen molar-refractivity contribution in [1.82, 2.24) is 9.78 Å². The van der Waals surface area contributed by atoms with Crippen LogP contribution < -0.4 is 5.32 Å². The number of alkyl halides is 1. The number of nitrogens with one attached hydrogen (secondary N) is 1. The van der Waals surface area contributed by atoms with Crippen molar-refractivity contribution in [2.45, 2.75) is 12.8 Å². The standard InChI is InChI=1S/C13H14ClN3O/c1-9-12(8-17(2)16-9)15-13(18)11-5-3-10(7-14)4-6-11/h3-6,8H,7H2,1-2H3,(H,15,18). The zero-order valence-electron chi connectivity index (χ0n) is 10.3. The van der Waals surface area contributed by atoms with Crippen LogP contribution in [0.4, 0.5) is 5.69 Å². The molecule has 0 radical (unpaired) electrons. The van der Waals surface area contributed by atoms with Gasteiger partial charge in [0.15, 0.2) is 0 Å². The average molecular weight is 264 g/mol. The summed E-state index contributed by atoms with van der Waals surface area (Å²) in [6.45, 7) is 1.85. The minimum atomic E-state index is -0.146. The van der Waals surface area contributed by atoms with E-state index in [1.807, 2.05) is 26.1 Å². The van der Waals surface area contributed by atoms with Gasteiger partial charge in [0.25, 0.3) is 5.91 Å². The molecule has 1 amide bonds. The van der Waals surface area contributed by atoms with Crippen molar-refractivity contribution in [3.63, 3.8) is 0 Å². The Morgan fingerprint density at radius 1 is 1.39 bits per heavy atom. The van der Waals surface area contributed by atoms with E-state index in [2.05, 4.69) is 10.4 Å². The van der Waals surface area contributed by atoms with Crippen molar-refractivity contribution in [3.05, 3.63) is 47.3 Å². The van der Waals surface area contributed by atoms with Gasteiger partial charge < -0.3 is 5.32 Å². The third-order valence-corrected chi connectivity index (χ3v) is 2.94. The highest BCUT2D eigenvalue weighted by atomic mass is 35.5. The van der Waals surface area contributed by atoms with Crippen LogP contribution in [0.25, 0.3) is 0 Å². The molecule has 1 N–H and O–H groups in total. The third kappa shape index (κ3) is 2.71. The molecule has 4 nitrogen and oxygen atoms in total. The normalized spacial score (nSPS) is 10.4. The van der Waals surface area contributed by atoms with E-state index in [0.29, 0.717) is 11.4 Å².